The molecule has 142 valence electrons. The summed E-state index contributed by atoms with van der Waals surface area (Å²) >= 11 is 0. The minimum atomic E-state index is 0. The molecule has 0 amide bonds. The summed E-state index contributed by atoms with van der Waals surface area (Å²) in [5.41, 5.74) is 10.8. The van der Waals surface area contributed by atoms with E-state index in [4.69, 9.17) is 4.42 Å². The van der Waals surface area contributed by atoms with Gasteiger partial charge in [-0.25, -0.2) is 4.42 Å². The summed E-state index contributed by atoms with van der Waals surface area (Å²) < 4.78 is 6.74. The third kappa shape index (κ3) is 2.71. The van der Waals surface area contributed by atoms with Crippen LogP contribution >= 0.6 is 0 Å². The van der Waals surface area contributed by atoms with Crippen LogP contribution in [-0.4, -0.2) is 0 Å². The molecule has 29 heavy (non-hydrogen) atoms. The average Bonchev–Trinajstić information content (AvgIpc) is 2.78. The predicted octanol–water partition coefficient (Wildman–Crippen LogP) is 3.76. The van der Waals surface area contributed by atoms with Crippen molar-refractivity contribution in [3.63, 3.8) is 0 Å². The molecule has 0 saturated heterocycles. The van der Waals surface area contributed by atoms with E-state index in [0.29, 0.717) is 0 Å². The van der Waals surface area contributed by atoms with Crippen molar-refractivity contribution < 1.29 is 9.12 Å². The van der Waals surface area contributed by atoms with Gasteiger partial charge >= 0.3 is 11.5 Å². The molecule has 2 aliphatic rings. The second-order valence-electron chi connectivity index (χ2n) is 7.77. The first-order valence-electron chi connectivity index (χ1n) is 10.1. The summed E-state index contributed by atoms with van der Waals surface area (Å²) in [6, 6.07) is 28.3. The summed E-state index contributed by atoms with van der Waals surface area (Å²) in [6.07, 6.45) is 4.23. The number of fused-ring (bicyclic) bond motifs is 6. The maximum atomic E-state index is 6.74. The molecular formula is C27H21FO. The number of halogens is 1. The molecule has 2 aliphatic carbocycles. The summed E-state index contributed by atoms with van der Waals surface area (Å²) in [7, 11) is 0. The number of benzene rings is 3. The highest BCUT2D eigenvalue weighted by atomic mass is 19.0. The smallest absolute Gasteiger partial charge is 0.364 e. The lowest BCUT2D eigenvalue weighted by Gasteiger charge is -2.22. The fourth-order valence-corrected chi connectivity index (χ4v) is 4.94. The van der Waals surface area contributed by atoms with Crippen molar-refractivity contribution in [3.8, 4) is 33.8 Å². The van der Waals surface area contributed by atoms with E-state index in [1.165, 1.54) is 44.5 Å². The summed E-state index contributed by atoms with van der Waals surface area (Å²) in [5, 5.41) is 0. The van der Waals surface area contributed by atoms with Crippen LogP contribution in [0.3, 0.4) is 0 Å². The van der Waals surface area contributed by atoms with Crippen LogP contribution in [0.4, 0.5) is 0 Å². The third-order valence-corrected chi connectivity index (χ3v) is 6.23. The van der Waals surface area contributed by atoms with E-state index in [-0.39, 0.29) is 4.70 Å². The molecule has 0 fully saturated rings. The maximum absolute atomic E-state index is 6.74. The molecule has 0 radical (unpaired) electrons. The summed E-state index contributed by atoms with van der Waals surface area (Å²) in [6.45, 7) is 0. The topological polar surface area (TPSA) is 11.3 Å². The van der Waals surface area contributed by atoms with Crippen molar-refractivity contribution in [2.24, 2.45) is 0 Å². The number of rotatable bonds is 1. The quantitative estimate of drug-likeness (QED) is 0.458. The molecule has 0 spiro atoms. The molecule has 0 atom stereocenters. The minimum Gasteiger partial charge on any atom is -1.00 e. The highest BCUT2D eigenvalue weighted by molar-refractivity contribution is 5.86. The van der Waals surface area contributed by atoms with Gasteiger partial charge in [-0.2, -0.15) is 0 Å². The SMILES string of the molecule is [F-].c1ccc(-c2c3c([o+]c4c2CCc2ccccc2-4)-c2ccccc2CC3)cc1. The van der Waals surface area contributed by atoms with E-state index in [1.54, 1.807) is 0 Å². The van der Waals surface area contributed by atoms with Crippen LogP contribution in [0.1, 0.15) is 22.3 Å². The van der Waals surface area contributed by atoms with Crippen molar-refractivity contribution in [1.29, 1.82) is 0 Å². The highest BCUT2D eigenvalue weighted by Crippen LogP contribution is 2.47. The normalized spacial score (nSPS) is 13.4. The third-order valence-electron chi connectivity index (χ3n) is 6.23. The van der Waals surface area contributed by atoms with E-state index < -0.39 is 0 Å². The fourth-order valence-electron chi connectivity index (χ4n) is 4.94. The zero-order chi connectivity index (χ0) is 18.5. The molecule has 0 N–H and O–H groups in total. The van der Waals surface area contributed by atoms with Crippen molar-refractivity contribution in [2.75, 3.05) is 0 Å². The van der Waals surface area contributed by atoms with E-state index in [9.17, 15) is 0 Å². The molecule has 1 aromatic heterocycles. The lowest BCUT2D eigenvalue weighted by molar-refractivity contribution is -0.00000581. The lowest BCUT2D eigenvalue weighted by Crippen LogP contribution is -3.00. The Morgan fingerprint density at radius 1 is 0.517 bits per heavy atom. The maximum Gasteiger partial charge on any atom is 0.364 e. The molecule has 6 rings (SSSR count). The molecule has 0 saturated carbocycles. The largest absolute Gasteiger partial charge is 1.00 e. The first kappa shape index (κ1) is 17.8. The van der Waals surface area contributed by atoms with Gasteiger partial charge in [-0.15, -0.1) is 0 Å². The van der Waals surface area contributed by atoms with Gasteiger partial charge < -0.3 is 4.70 Å². The van der Waals surface area contributed by atoms with Crippen LogP contribution < -0.4 is 4.70 Å². The van der Waals surface area contributed by atoms with Gasteiger partial charge in [-0.3, -0.25) is 0 Å². The Morgan fingerprint density at radius 3 is 1.55 bits per heavy atom. The molecule has 0 unspecified atom stereocenters. The van der Waals surface area contributed by atoms with Gasteiger partial charge in [0.1, 0.15) is 0 Å². The monoisotopic (exact) mass is 380 g/mol. The Balaban J connectivity index is 0.00000181. The van der Waals surface area contributed by atoms with Gasteiger partial charge in [-0.05, 0) is 54.5 Å². The minimum absolute atomic E-state index is 0. The molecular weight excluding hydrogens is 359 g/mol. The van der Waals surface area contributed by atoms with Crippen LogP contribution in [0.15, 0.2) is 83.3 Å². The van der Waals surface area contributed by atoms with Crippen molar-refractivity contribution in [2.45, 2.75) is 25.7 Å². The van der Waals surface area contributed by atoms with Crippen molar-refractivity contribution in [3.05, 3.63) is 101 Å². The Kier molecular flexibility index (Phi) is 4.28. The van der Waals surface area contributed by atoms with Crippen LogP contribution in [-0.2, 0) is 25.7 Å². The van der Waals surface area contributed by atoms with E-state index in [1.807, 2.05) is 0 Å². The van der Waals surface area contributed by atoms with Crippen molar-refractivity contribution >= 4 is 0 Å². The van der Waals surface area contributed by atoms with Crippen LogP contribution in [0.2, 0.25) is 0 Å². The molecule has 1 nitrogen and oxygen atoms in total. The second kappa shape index (κ2) is 6.97. The lowest BCUT2D eigenvalue weighted by atomic mass is 9.79. The first-order valence-corrected chi connectivity index (χ1v) is 10.1. The van der Waals surface area contributed by atoms with Crippen molar-refractivity contribution in [1.82, 2.24) is 0 Å². The molecule has 4 aromatic rings. The van der Waals surface area contributed by atoms with Gasteiger partial charge in [0.25, 0.3) is 0 Å². The fraction of sp³-hybridized carbons (Fsp3) is 0.148. The Morgan fingerprint density at radius 2 is 1.00 bits per heavy atom. The number of hydrogen-bond acceptors (Lipinski definition) is 0. The number of hydrogen-bond donors (Lipinski definition) is 0. The summed E-state index contributed by atoms with van der Waals surface area (Å²) in [5.74, 6) is 2.13. The highest BCUT2D eigenvalue weighted by Gasteiger charge is 2.37. The standard InChI is InChI=1S/C27H21O.FH/c1-2-10-20(11-3-1)25-23-16-14-18-8-4-6-12-21(18)26(23)28-27-22-13-7-5-9-19(22)15-17-24(25)27;/h1-13H,14-17H2;1H/q+1;/p-1. The molecule has 1 heterocycles. The van der Waals surface area contributed by atoms with E-state index in [2.05, 4.69) is 78.9 Å². The van der Waals surface area contributed by atoms with Gasteiger partial charge in [0.15, 0.2) is 0 Å². The zero-order valence-electron chi connectivity index (χ0n) is 16.1. The van der Waals surface area contributed by atoms with Crippen LogP contribution in [0, 0.1) is 0 Å². The number of aryl methyl sites for hydroxylation is 2. The van der Waals surface area contributed by atoms with E-state index >= 15 is 0 Å². The Labute approximate surface area is 170 Å². The van der Waals surface area contributed by atoms with Crippen LogP contribution in [0.5, 0.6) is 0 Å². The first-order chi connectivity index (χ1) is 13.9. The molecule has 3 aromatic carbocycles. The van der Waals surface area contributed by atoms with Gasteiger partial charge in [0.05, 0.1) is 22.3 Å². The zero-order valence-corrected chi connectivity index (χ0v) is 16.1. The van der Waals surface area contributed by atoms with E-state index in [0.717, 1.165) is 37.2 Å². The second-order valence-corrected chi connectivity index (χ2v) is 7.77. The van der Waals surface area contributed by atoms with Gasteiger partial charge in [-0.1, -0.05) is 66.7 Å². The average molecular weight is 380 g/mol. The Bertz CT molecular complexity index is 1140. The predicted molar refractivity (Wildman–Crippen MR) is 114 cm³/mol. The van der Waals surface area contributed by atoms with Gasteiger partial charge in [0.2, 0.25) is 0 Å². The summed E-state index contributed by atoms with van der Waals surface area (Å²) in [4.78, 5) is 0. The van der Waals surface area contributed by atoms with Gasteiger partial charge in [0, 0.05) is 5.56 Å². The Hall–Kier alpha value is -3.26. The molecule has 0 aliphatic heterocycles. The molecule has 2 heteroatoms. The van der Waals surface area contributed by atoms with Crippen LogP contribution in [0.25, 0.3) is 33.8 Å². The molecule has 0 bridgehead atoms.